The van der Waals surface area contributed by atoms with Gasteiger partial charge in [0.25, 0.3) is 0 Å². The van der Waals surface area contributed by atoms with Crippen LogP contribution in [0.1, 0.15) is 24.0 Å². The largest absolute Gasteiger partial charge is 0.378 e. The molecule has 120 valence electrons. The van der Waals surface area contributed by atoms with Gasteiger partial charge in [0.15, 0.2) is 5.60 Å². The van der Waals surface area contributed by atoms with Gasteiger partial charge in [-0.2, -0.15) is 4.94 Å². The summed E-state index contributed by atoms with van der Waals surface area (Å²) in [5.74, 6) is 0. The first kappa shape index (κ1) is 15.7. The van der Waals surface area contributed by atoms with Crippen LogP contribution in [0.3, 0.4) is 0 Å². The summed E-state index contributed by atoms with van der Waals surface area (Å²) in [4.78, 5) is 10.7. The maximum Gasteiger partial charge on any atom is 0.171 e. The van der Waals surface area contributed by atoms with Gasteiger partial charge in [-0.3, -0.25) is 4.99 Å². The highest BCUT2D eigenvalue weighted by molar-refractivity contribution is 5.83. The Balaban J connectivity index is 1.65. The van der Waals surface area contributed by atoms with Gasteiger partial charge in [-0.15, -0.1) is 0 Å². The Morgan fingerprint density at radius 1 is 1.09 bits per heavy atom. The SMILES string of the molecule is CN(C)c1ccc(CCCC2(OF)C=Nc3ccccc32)cc1. The summed E-state index contributed by atoms with van der Waals surface area (Å²) in [5, 5.41) is 0. The molecule has 2 aromatic rings. The fourth-order valence-corrected chi connectivity index (χ4v) is 3.00. The van der Waals surface area contributed by atoms with Gasteiger partial charge < -0.3 is 4.90 Å². The van der Waals surface area contributed by atoms with Gasteiger partial charge in [-0.05, 0) is 47.6 Å². The van der Waals surface area contributed by atoms with Crippen molar-refractivity contribution in [3.05, 3.63) is 59.7 Å². The summed E-state index contributed by atoms with van der Waals surface area (Å²) in [6.07, 6.45) is 3.87. The van der Waals surface area contributed by atoms with Crippen molar-refractivity contribution in [2.75, 3.05) is 19.0 Å². The van der Waals surface area contributed by atoms with Crippen LogP contribution in [-0.4, -0.2) is 20.3 Å². The molecule has 1 aliphatic rings. The molecule has 1 unspecified atom stereocenters. The minimum atomic E-state index is -1.03. The van der Waals surface area contributed by atoms with Crippen LogP contribution in [0.5, 0.6) is 0 Å². The van der Waals surface area contributed by atoms with Gasteiger partial charge in [0.2, 0.25) is 0 Å². The molecule has 1 heterocycles. The Morgan fingerprint density at radius 2 is 1.83 bits per heavy atom. The molecule has 0 radical (unpaired) electrons. The van der Waals surface area contributed by atoms with Gasteiger partial charge in [0.05, 0.1) is 5.69 Å². The van der Waals surface area contributed by atoms with E-state index in [-0.39, 0.29) is 0 Å². The van der Waals surface area contributed by atoms with E-state index in [9.17, 15) is 4.53 Å². The molecular weight excluding hydrogens is 291 g/mol. The predicted molar refractivity (Wildman–Crippen MR) is 92.2 cm³/mol. The molecule has 0 saturated heterocycles. The van der Waals surface area contributed by atoms with Crippen molar-refractivity contribution in [2.24, 2.45) is 4.99 Å². The summed E-state index contributed by atoms with van der Waals surface area (Å²) in [6, 6.07) is 16.0. The van der Waals surface area contributed by atoms with Crippen LogP contribution < -0.4 is 4.90 Å². The van der Waals surface area contributed by atoms with E-state index in [0.29, 0.717) is 6.42 Å². The molecule has 23 heavy (non-hydrogen) atoms. The van der Waals surface area contributed by atoms with E-state index in [2.05, 4.69) is 39.1 Å². The van der Waals surface area contributed by atoms with Crippen molar-refractivity contribution in [2.45, 2.75) is 24.9 Å². The van der Waals surface area contributed by atoms with E-state index < -0.39 is 5.60 Å². The van der Waals surface area contributed by atoms with Crippen LogP contribution in [0.25, 0.3) is 0 Å². The van der Waals surface area contributed by atoms with E-state index in [0.717, 1.165) is 24.1 Å². The van der Waals surface area contributed by atoms with E-state index in [4.69, 9.17) is 0 Å². The second-order valence-electron chi connectivity index (χ2n) is 6.16. The lowest BCUT2D eigenvalue weighted by atomic mass is 9.90. The third-order valence-electron chi connectivity index (χ3n) is 4.38. The van der Waals surface area contributed by atoms with E-state index in [1.54, 1.807) is 6.21 Å². The van der Waals surface area contributed by atoms with Crippen molar-refractivity contribution in [3.8, 4) is 0 Å². The first-order valence-electron chi connectivity index (χ1n) is 7.85. The van der Waals surface area contributed by atoms with Crippen molar-refractivity contribution in [1.82, 2.24) is 0 Å². The molecule has 0 spiro atoms. The molecule has 0 amide bonds. The summed E-state index contributed by atoms with van der Waals surface area (Å²) < 4.78 is 13.3. The van der Waals surface area contributed by atoms with Gasteiger partial charge in [0, 0.05) is 31.6 Å². The Bertz CT molecular complexity index is 697. The number of benzene rings is 2. The number of hydrogen-bond acceptors (Lipinski definition) is 3. The lowest BCUT2D eigenvalue weighted by Crippen LogP contribution is -2.26. The molecule has 1 aliphatic heterocycles. The molecular formula is C19H21FN2O. The van der Waals surface area contributed by atoms with Crippen LogP contribution in [0.4, 0.5) is 15.9 Å². The second-order valence-corrected chi connectivity index (χ2v) is 6.16. The molecule has 0 fully saturated rings. The third-order valence-corrected chi connectivity index (χ3v) is 4.38. The third kappa shape index (κ3) is 3.13. The predicted octanol–water partition coefficient (Wildman–Crippen LogP) is 4.59. The molecule has 0 aromatic heterocycles. The Hall–Kier alpha value is -2.20. The van der Waals surface area contributed by atoms with Crippen LogP contribution >= 0.6 is 0 Å². The number of fused-ring (bicyclic) bond motifs is 1. The number of nitrogens with zero attached hydrogens (tertiary/aromatic N) is 2. The maximum absolute atomic E-state index is 13.3. The summed E-state index contributed by atoms with van der Waals surface area (Å²) in [5.41, 5.74) is 2.99. The Kier molecular flexibility index (Phi) is 4.44. The number of para-hydroxylation sites is 1. The second kappa shape index (κ2) is 6.50. The average molecular weight is 312 g/mol. The summed E-state index contributed by atoms with van der Waals surface area (Å²) in [6.45, 7) is 0. The molecule has 3 rings (SSSR count). The average Bonchev–Trinajstić information content (AvgIpc) is 2.95. The van der Waals surface area contributed by atoms with E-state index >= 15 is 0 Å². The highest BCUT2D eigenvalue weighted by atomic mass is 19.3. The molecule has 4 heteroatoms. The number of halogens is 1. The minimum Gasteiger partial charge on any atom is -0.378 e. The van der Waals surface area contributed by atoms with Crippen LogP contribution in [0, 0.1) is 0 Å². The summed E-state index contributed by atoms with van der Waals surface area (Å²) >= 11 is 0. The zero-order chi connectivity index (χ0) is 16.3. The lowest BCUT2D eigenvalue weighted by molar-refractivity contribution is -0.211. The number of hydrogen-bond donors (Lipinski definition) is 0. The first-order valence-corrected chi connectivity index (χ1v) is 7.85. The number of rotatable bonds is 6. The van der Waals surface area contributed by atoms with E-state index in [1.807, 2.05) is 38.4 Å². The van der Waals surface area contributed by atoms with Gasteiger partial charge in [0.1, 0.15) is 0 Å². The fourth-order valence-electron chi connectivity index (χ4n) is 3.00. The van der Waals surface area contributed by atoms with E-state index in [1.165, 1.54) is 11.3 Å². The maximum atomic E-state index is 13.3. The smallest absolute Gasteiger partial charge is 0.171 e. The molecule has 1 atom stereocenters. The van der Waals surface area contributed by atoms with Crippen LogP contribution in [-0.2, 0) is 17.0 Å². The van der Waals surface area contributed by atoms with Gasteiger partial charge in [-0.25, -0.2) is 0 Å². The van der Waals surface area contributed by atoms with Crippen molar-refractivity contribution in [3.63, 3.8) is 0 Å². The lowest BCUT2D eigenvalue weighted by Gasteiger charge is -2.22. The fraction of sp³-hybridized carbons (Fsp3) is 0.316. The molecule has 3 nitrogen and oxygen atoms in total. The molecule has 2 aromatic carbocycles. The van der Waals surface area contributed by atoms with Crippen molar-refractivity contribution >= 4 is 17.6 Å². The summed E-state index contributed by atoms with van der Waals surface area (Å²) in [7, 11) is 4.04. The molecule has 0 saturated carbocycles. The standard InChI is InChI=1S/C19H21FN2O/c1-22(2)16-11-9-15(10-12-16)6-5-13-19(23-20)14-21-18-8-4-3-7-17(18)19/h3-4,7-12,14H,5-6,13H2,1-2H3. The first-order chi connectivity index (χ1) is 11.1. The topological polar surface area (TPSA) is 24.8 Å². The monoisotopic (exact) mass is 312 g/mol. The highest BCUT2D eigenvalue weighted by Gasteiger charge is 2.38. The minimum absolute atomic E-state index is 0.569. The van der Waals surface area contributed by atoms with Crippen LogP contribution in [0.2, 0.25) is 0 Å². The Morgan fingerprint density at radius 3 is 2.52 bits per heavy atom. The molecule has 0 N–H and O–H groups in total. The number of anilines is 1. The van der Waals surface area contributed by atoms with Gasteiger partial charge >= 0.3 is 0 Å². The number of aryl methyl sites for hydroxylation is 1. The zero-order valence-electron chi connectivity index (χ0n) is 13.5. The van der Waals surface area contributed by atoms with Crippen LogP contribution in [0.15, 0.2) is 53.5 Å². The number of aliphatic imine (C=N–C) groups is 1. The quantitative estimate of drug-likeness (QED) is 0.779. The Labute approximate surface area is 136 Å². The normalized spacial score (nSPS) is 18.9. The zero-order valence-corrected chi connectivity index (χ0v) is 13.5. The van der Waals surface area contributed by atoms with Gasteiger partial charge in [-0.1, -0.05) is 30.3 Å². The highest BCUT2D eigenvalue weighted by Crippen LogP contribution is 2.41. The van der Waals surface area contributed by atoms with Crippen molar-refractivity contribution < 1.29 is 9.47 Å². The molecule has 0 aliphatic carbocycles. The molecule has 0 bridgehead atoms. The van der Waals surface area contributed by atoms with Crippen molar-refractivity contribution in [1.29, 1.82) is 0 Å².